The number of hydrogen-bond donors (Lipinski definition) is 2. The Morgan fingerprint density at radius 1 is 1.14 bits per heavy atom. The summed E-state index contributed by atoms with van der Waals surface area (Å²) in [6, 6.07) is 12.8. The van der Waals surface area contributed by atoms with Crippen molar-refractivity contribution in [1.82, 2.24) is 9.88 Å². The average Bonchev–Trinajstić information content (AvgIpc) is 3.25. The molecule has 0 spiro atoms. The number of piperazine rings is 1. The molecule has 7 nitrogen and oxygen atoms in total. The molecule has 3 heterocycles. The maximum absolute atomic E-state index is 12.6. The van der Waals surface area contributed by atoms with Gasteiger partial charge in [0, 0.05) is 37.9 Å². The van der Waals surface area contributed by atoms with E-state index in [4.69, 9.17) is 10.2 Å². The van der Waals surface area contributed by atoms with Crippen molar-refractivity contribution in [3.8, 4) is 11.3 Å². The van der Waals surface area contributed by atoms with Crippen molar-refractivity contribution in [2.75, 3.05) is 49.2 Å². The van der Waals surface area contributed by atoms with Crippen molar-refractivity contribution in [3.63, 3.8) is 0 Å². The standard InChI is InChI=1S/C21H23N5O2/c1-25-8-10-26(11-9-25)20-7-5-16(14-23-20)21(27)24-18-13-15(4-6-17(18)22)19-3-2-12-28-19/h2-7,12-14H,8-11,22H2,1H3,(H,24,27). The fourth-order valence-corrected chi connectivity index (χ4v) is 3.20. The highest BCUT2D eigenvalue weighted by Gasteiger charge is 2.16. The van der Waals surface area contributed by atoms with E-state index < -0.39 is 0 Å². The van der Waals surface area contributed by atoms with Gasteiger partial charge >= 0.3 is 0 Å². The van der Waals surface area contributed by atoms with Crippen molar-refractivity contribution in [1.29, 1.82) is 0 Å². The molecule has 1 amide bonds. The highest BCUT2D eigenvalue weighted by Crippen LogP contribution is 2.28. The summed E-state index contributed by atoms with van der Waals surface area (Å²) in [6.45, 7) is 3.89. The molecule has 0 unspecified atom stereocenters. The van der Waals surface area contributed by atoms with Crippen LogP contribution in [-0.2, 0) is 0 Å². The first-order valence-electron chi connectivity index (χ1n) is 9.24. The smallest absolute Gasteiger partial charge is 0.257 e. The Morgan fingerprint density at radius 2 is 1.96 bits per heavy atom. The van der Waals surface area contributed by atoms with Crippen molar-refractivity contribution in [3.05, 3.63) is 60.5 Å². The monoisotopic (exact) mass is 377 g/mol. The second kappa shape index (κ2) is 7.74. The highest BCUT2D eigenvalue weighted by molar-refractivity contribution is 6.06. The zero-order valence-corrected chi connectivity index (χ0v) is 15.8. The summed E-state index contributed by atoms with van der Waals surface area (Å²) in [5, 5.41) is 2.87. The number of nitrogens with one attached hydrogen (secondary N) is 1. The van der Waals surface area contributed by atoms with Crippen molar-refractivity contribution in [2.45, 2.75) is 0 Å². The second-order valence-corrected chi connectivity index (χ2v) is 6.93. The van der Waals surface area contributed by atoms with Crippen molar-refractivity contribution < 1.29 is 9.21 Å². The van der Waals surface area contributed by atoms with Crippen LogP contribution in [0.15, 0.2) is 59.3 Å². The summed E-state index contributed by atoms with van der Waals surface area (Å²) in [6.07, 6.45) is 3.22. The molecule has 0 radical (unpaired) electrons. The molecule has 1 aromatic carbocycles. The number of pyridine rings is 1. The third-order valence-electron chi connectivity index (χ3n) is 4.94. The zero-order chi connectivity index (χ0) is 19.5. The van der Waals surface area contributed by atoms with Gasteiger partial charge < -0.3 is 25.3 Å². The number of nitrogen functional groups attached to an aromatic ring is 1. The number of nitrogens with two attached hydrogens (primary N) is 1. The predicted molar refractivity (Wildman–Crippen MR) is 110 cm³/mol. The fourth-order valence-electron chi connectivity index (χ4n) is 3.20. The minimum Gasteiger partial charge on any atom is -0.464 e. The lowest BCUT2D eigenvalue weighted by Gasteiger charge is -2.33. The summed E-state index contributed by atoms with van der Waals surface area (Å²) in [5.41, 5.74) is 8.40. The molecule has 1 aliphatic heterocycles. The van der Waals surface area contributed by atoms with Gasteiger partial charge in [0.25, 0.3) is 5.91 Å². The number of anilines is 3. The lowest BCUT2D eigenvalue weighted by Crippen LogP contribution is -2.44. The first kappa shape index (κ1) is 18.1. The van der Waals surface area contributed by atoms with Crippen LogP contribution in [0.1, 0.15) is 10.4 Å². The first-order valence-corrected chi connectivity index (χ1v) is 9.24. The van der Waals surface area contributed by atoms with Crippen LogP contribution in [0.4, 0.5) is 17.2 Å². The van der Waals surface area contributed by atoms with E-state index in [-0.39, 0.29) is 5.91 Å². The molecule has 2 aromatic heterocycles. The van der Waals surface area contributed by atoms with E-state index in [1.165, 1.54) is 0 Å². The number of likely N-dealkylation sites (N-methyl/N-ethyl adjacent to an activating group) is 1. The molecular weight excluding hydrogens is 354 g/mol. The van der Waals surface area contributed by atoms with Crippen molar-refractivity contribution >= 4 is 23.1 Å². The first-order chi connectivity index (χ1) is 13.6. The fraction of sp³-hybridized carbons (Fsp3) is 0.238. The third-order valence-corrected chi connectivity index (χ3v) is 4.94. The molecule has 0 atom stereocenters. The van der Waals surface area contributed by atoms with E-state index in [9.17, 15) is 4.79 Å². The number of amides is 1. The van der Waals surface area contributed by atoms with Gasteiger partial charge in [0.1, 0.15) is 11.6 Å². The number of benzene rings is 1. The van der Waals surface area contributed by atoms with Gasteiger partial charge in [-0.2, -0.15) is 0 Å². The van der Waals surface area contributed by atoms with Gasteiger partial charge in [-0.15, -0.1) is 0 Å². The Kier molecular flexibility index (Phi) is 4.99. The van der Waals surface area contributed by atoms with Crippen LogP contribution >= 0.6 is 0 Å². The number of carbonyl (C=O) groups is 1. The van der Waals surface area contributed by atoms with E-state index in [0.29, 0.717) is 22.7 Å². The summed E-state index contributed by atoms with van der Waals surface area (Å²) in [4.78, 5) is 21.6. The summed E-state index contributed by atoms with van der Waals surface area (Å²) >= 11 is 0. The molecule has 0 bridgehead atoms. The molecule has 144 valence electrons. The molecule has 28 heavy (non-hydrogen) atoms. The topological polar surface area (TPSA) is 87.6 Å². The van der Waals surface area contributed by atoms with Gasteiger partial charge in [-0.1, -0.05) is 0 Å². The van der Waals surface area contributed by atoms with Crippen LogP contribution in [0, 0.1) is 0 Å². The minimum absolute atomic E-state index is 0.249. The molecule has 1 saturated heterocycles. The molecular formula is C21H23N5O2. The minimum atomic E-state index is -0.249. The van der Waals surface area contributed by atoms with Gasteiger partial charge in [0.15, 0.2) is 0 Å². The Labute approximate surface area is 163 Å². The number of hydrogen-bond acceptors (Lipinski definition) is 6. The van der Waals surface area contributed by atoms with Crippen LogP contribution in [-0.4, -0.2) is 49.0 Å². The Morgan fingerprint density at radius 3 is 2.64 bits per heavy atom. The van der Waals surface area contributed by atoms with E-state index in [2.05, 4.69) is 27.1 Å². The molecule has 3 N–H and O–H groups in total. The zero-order valence-electron chi connectivity index (χ0n) is 15.8. The quantitative estimate of drug-likeness (QED) is 0.680. The third kappa shape index (κ3) is 3.84. The highest BCUT2D eigenvalue weighted by atomic mass is 16.3. The van der Waals surface area contributed by atoms with Crippen molar-refractivity contribution in [2.24, 2.45) is 0 Å². The Bertz CT molecular complexity index is 945. The van der Waals surface area contributed by atoms with Crippen LogP contribution in [0.3, 0.4) is 0 Å². The van der Waals surface area contributed by atoms with Gasteiger partial charge in [0.2, 0.25) is 0 Å². The summed E-state index contributed by atoms with van der Waals surface area (Å²) < 4.78 is 5.41. The summed E-state index contributed by atoms with van der Waals surface area (Å²) in [5.74, 6) is 1.36. The van der Waals surface area contributed by atoms with Crippen LogP contribution < -0.4 is 16.0 Å². The molecule has 1 aliphatic rings. The average molecular weight is 377 g/mol. The number of furan rings is 1. The van der Waals surface area contributed by atoms with Gasteiger partial charge in [0.05, 0.1) is 23.2 Å². The Balaban J connectivity index is 1.47. The van der Waals surface area contributed by atoms with E-state index in [0.717, 1.165) is 37.6 Å². The van der Waals surface area contributed by atoms with Gasteiger partial charge in [-0.05, 0) is 49.5 Å². The number of nitrogens with zero attached hydrogens (tertiary/aromatic N) is 3. The van der Waals surface area contributed by atoms with Crippen LogP contribution in [0.2, 0.25) is 0 Å². The van der Waals surface area contributed by atoms with E-state index in [1.54, 1.807) is 30.7 Å². The lowest BCUT2D eigenvalue weighted by atomic mass is 10.1. The molecule has 7 heteroatoms. The molecule has 4 rings (SSSR count). The normalized spacial score (nSPS) is 14.8. The van der Waals surface area contributed by atoms with Crippen LogP contribution in [0.5, 0.6) is 0 Å². The Hall–Kier alpha value is -3.32. The molecule has 0 saturated carbocycles. The molecule has 0 aliphatic carbocycles. The number of aromatic nitrogens is 1. The van der Waals surface area contributed by atoms with Crippen LogP contribution in [0.25, 0.3) is 11.3 Å². The van der Waals surface area contributed by atoms with Gasteiger partial charge in [-0.25, -0.2) is 4.98 Å². The van der Waals surface area contributed by atoms with Gasteiger partial charge in [-0.3, -0.25) is 4.79 Å². The maximum Gasteiger partial charge on any atom is 0.257 e. The second-order valence-electron chi connectivity index (χ2n) is 6.93. The molecule has 1 fully saturated rings. The SMILES string of the molecule is CN1CCN(c2ccc(C(=O)Nc3cc(-c4ccco4)ccc3N)cn2)CC1. The summed E-state index contributed by atoms with van der Waals surface area (Å²) in [7, 11) is 2.12. The van der Waals surface area contributed by atoms with E-state index >= 15 is 0 Å². The maximum atomic E-state index is 12.6. The largest absolute Gasteiger partial charge is 0.464 e. The number of rotatable bonds is 4. The molecule has 3 aromatic rings. The predicted octanol–water partition coefficient (Wildman–Crippen LogP) is 2.93. The van der Waals surface area contributed by atoms with E-state index in [1.807, 2.05) is 24.3 Å². The lowest BCUT2D eigenvalue weighted by molar-refractivity contribution is 0.102. The number of carbonyl (C=O) groups excluding carboxylic acids is 1.